The van der Waals surface area contributed by atoms with Crippen LogP contribution in [0.25, 0.3) is 5.65 Å². The van der Waals surface area contributed by atoms with Crippen molar-refractivity contribution in [2.24, 2.45) is 0 Å². The van der Waals surface area contributed by atoms with E-state index in [0.717, 1.165) is 29.2 Å². The molecule has 0 N–H and O–H groups in total. The van der Waals surface area contributed by atoms with Gasteiger partial charge in [0, 0.05) is 25.2 Å². The van der Waals surface area contributed by atoms with E-state index >= 15 is 0 Å². The quantitative estimate of drug-likeness (QED) is 0.359. The highest BCUT2D eigenvalue weighted by molar-refractivity contribution is 6.06. The van der Waals surface area contributed by atoms with Crippen LogP contribution < -0.4 is 19.1 Å². The standard InChI is InChI=1S/C27H29N3O4/c1-5-23-26(29(2)27(31)20-10-7-12-22(18-20)33-4)30-15-8-13-24(25(30)28-23)34-16-14-19-9-6-11-21(17-19)32-3/h6-13,15,17-18H,5,14,16H2,1-4H3. The number of carbonyl (C=O) groups excluding carboxylic acids is 1. The van der Waals surface area contributed by atoms with Crippen LogP contribution in [0.5, 0.6) is 17.2 Å². The molecule has 34 heavy (non-hydrogen) atoms. The largest absolute Gasteiger partial charge is 0.497 e. The average molecular weight is 460 g/mol. The summed E-state index contributed by atoms with van der Waals surface area (Å²) in [4.78, 5) is 19.7. The van der Waals surface area contributed by atoms with Crippen LogP contribution in [0.15, 0.2) is 66.9 Å². The Bertz CT molecular complexity index is 1300. The van der Waals surface area contributed by atoms with E-state index in [-0.39, 0.29) is 5.91 Å². The van der Waals surface area contributed by atoms with E-state index in [4.69, 9.17) is 19.2 Å². The van der Waals surface area contributed by atoms with Crippen molar-refractivity contribution in [1.82, 2.24) is 9.38 Å². The van der Waals surface area contributed by atoms with Crippen LogP contribution in [0.2, 0.25) is 0 Å². The molecule has 0 aliphatic carbocycles. The third-order valence-corrected chi connectivity index (χ3v) is 5.71. The van der Waals surface area contributed by atoms with Crippen molar-refractivity contribution in [1.29, 1.82) is 0 Å². The molecule has 7 nitrogen and oxygen atoms in total. The number of hydrogen-bond donors (Lipinski definition) is 0. The first-order valence-corrected chi connectivity index (χ1v) is 11.2. The zero-order chi connectivity index (χ0) is 24.1. The number of nitrogens with zero attached hydrogens (tertiary/aromatic N) is 3. The molecular formula is C27H29N3O4. The highest BCUT2D eigenvalue weighted by atomic mass is 16.5. The van der Waals surface area contributed by atoms with Gasteiger partial charge in [0.15, 0.2) is 11.4 Å². The molecule has 0 saturated carbocycles. The first-order chi connectivity index (χ1) is 16.5. The maximum absolute atomic E-state index is 13.3. The number of fused-ring (bicyclic) bond motifs is 1. The Balaban J connectivity index is 1.60. The molecule has 0 fully saturated rings. The summed E-state index contributed by atoms with van der Waals surface area (Å²) in [6, 6.07) is 18.9. The molecule has 0 aliphatic rings. The van der Waals surface area contributed by atoms with Crippen LogP contribution in [0.3, 0.4) is 0 Å². The van der Waals surface area contributed by atoms with Gasteiger partial charge >= 0.3 is 0 Å². The van der Waals surface area contributed by atoms with Crippen molar-refractivity contribution in [2.75, 3.05) is 32.8 Å². The predicted octanol–water partition coefficient (Wildman–Crippen LogP) is 4.81. The van der Waals surface area contributed by atoms with Crippen LogP contribution >= 0.6 is 0 Å². The highest BCUT2D eigenvalue weighted by Gasteiger charge is 2.23. The number of anilines is 1. The molecule has 0 saturated heterocycles. The molecule has 2 aromatic heterocycles. The second-order valence-electron chi connectivity index (χ2n) is 7.85. The van der Waals surface area contributed by atoms with Crippen LogP contribution in [-0.4, -0.2) is 43.2 Å². The number of methoxy groups -OCH3 is 2. The van der Waals surface area contributed by atoms with Crippen molar-refractivity contribution in [3.05, 3.63) is 83.7 Å². The van der Waals surface area contributed by atoms with Crippen molar-refractivity contribution in [3.63, 3.8) is 0 Å². The molecule has 0 aliphatic heterocycles. The van der Waals surface area contributed by atoms with Gasteiger partial charge in [-0.15, -0.1) is 0 Å². The number of carbonyl (C=O) groups is 1. The third-order valence-electron chi connectivity index (χ3n) is 5.71. The summed E-state index contributed by atoms with van der Waals surface area (Å²) in [6.07, 6.45) is 3.32. The van der Waals surface area contributed by atoms with E-state index in [9.17, 15) is 4.79 Å². The Morgan fingerprint density at radius 2 is 1.74 bits per heavy atom. The number of pyridine rings is 1. The number of aromatic nitrogens is 2. The summed E-state index contributed by atoms with van der Waals surface area (Å²) in [5, 5.41) is 0. The topological polar surface area (TPSA) is 65.3 Å². The second-order valence-corrected chi connectivity index (χ2v) is 7.85. The van der Waals surface area contributed by atoms with E-state index in [1.165, 1.54) is 0 Å². The minimum Gasteiger partial charge on any atom is -0.497 e. The molecular weight excluding hydrogens is 430 g/mol. The van der Waals surface area contributed by atoms with Crippen LogP contribution in [-0.2, 0) is 12.8 Å². The first-order valence-electron chi connectivity index (χ1n) is 11.2. The summed E-state index contributed by atoms with van der Waals surface area (Å²) in [7, 11) is 5.01. The lowest BCUT2D eigenvalue weighted by Crippen LogP contribution is -2.28. The molecule has 0 radical (unpaired) electrons. The van der Waals surface area contributed by atoms with Gasteiger partial charge in [0.05, 0.1) is 26.5 Å². The zero-order valence-electron chi connectivity index (χ0n) is 19.9. The maximum atomic E-state index is 13.3. The molecule has 2 aromatic carbocycles. The smallest absolute Gasteiger partial charge is 0.259 e. The van der Waals surface area contributed by atoms with E-state index in [0.29, 0.717) is 35.7 Å². The molecule has 4 rings (SSSR count). The molecule has 1 amide bonds. The highest BCUT2D eigenvalue weighted by Crippen LogP contribution is 2.29. The van der Waals surface area contributed by atoms with Crippen molar-refractivity contribution < 1.29 is 19.0 Å². The van der Waals surface area contributed by atoms with E-state index in [2.05, 4.69) is 6.07 Å². The van der Waals surface area contributed by atoms with Crippen molar-refractivity contribution in [3.8, 4) is 17.2 Å². The Kier molecular flexibility index (Phi) is 7.01. The molecule has 0 unspecified atom stereocenters. The Morgan fingerprint density at radius 3 is 2.47 bits per heavy atom. The van der Waals surface area contributed by atoms with Gasteiger partial charge in [-0.05, 0) is 54.4 Å². The lowest BCUT2D eigenvalue weighted by atomic mass is 10.1. The van der Waals surface area contributed by atoms with E-state index in [1.807, 2.05) is 60.0 Å². The number of benzene rings is 2. The van der Waals surface area contributed by atoms with Gasteiger partial charge in [0.1, 0.15) is 17.3 Å². The fourth-order valence-corrected chi connectivity index (χ4v) is 3.93. The number of rotatable bonds is 9. The summed E-state index contributed by atoms with van der Waals surface area (Å²) in [5.41, 5.74) is 3.19. The molecule has 2 heterocycles. The molecule has 0 bridgehead atoms. The van der Waals surface area contributed by atoms with Crippen LogP contribution in [0, 0.1) is 0 Å². The maximum Gasteiger partial charge on any atom is 0.259 e. The van der Waals surface area contributed by atoms with Gasteiger partial charge in [0.2, 0.25) is 0 Å². The zero-order valence-corrected chi connectivity index (χ0v) is 19.9. The second kappa shape index (κ2) is 10.3. The third kappa shape index (κ3) is 4.69. The summed E-state index contributed by atoms with van der Waals surface area (Å²) in [5.74, 6) is 2.73. The van der Waals surface area contributed by atoms with E-state index in [1.54, 1.807) is 38.3 Å². The molecule has 7 heteroatoms. The minimum atomic E-state index is -0.139. The summed E-state index contributed by atoms with van der Waals surface area (Å²) >= 11 is 0. The fourth-order valence-electron chi connectivity index (χ4n) is 3.93. The number of amides is 1. The monoisotopic (exact) mass is 459 g/mol. The van der Waals surface area contributed by atoms with Gasteiger partial charge in [-0.25, -0.2) is 4.98 Å². The van der Waals surface area contributed by atoms with Crippen molar-refractivity contribution >= 4 is 17.4 Å². The Morgan fingerprint density at radius 1 is 1.00 bits per heavy atom. The predicted molar refractivity (Wildman–Crippen MR) is 132 cm³/mol. The Labute approximate surface area is 199 Å². The van der Waals surface area contributed by atoms with Crippen LogP contribution in [0.4, 0.5) is 5.82 Å². The first kappa shape index (κ1) is 23.2. The van der Waals surface area contributed by atoms with Crippen LogP contribution in [0.1, 0.15) is 28.5 Å². The van der Waals surface area contributed by atoms with Crippen molar-refractivity contribution in [2.45, 2.75) is 19.8 Å². The summed E-state index contributed by atoms with van der Waals surface area (Å²) in [6.45, 7) is 2.52. The fraction of sp³-hybridized carbons (Fsp3) is 0.259. The molecule has 0 atom stereocenters. The van der Waals surface area contributed by atoms with Gasteiger partial charge in [-0.3, -0.25) is 14.1 Å². The SMILES string of the molecule is CCc1nc2c(OCCc3cccc(OC)c3)cccn2c1N(C)C(=O)c1cccc(OC)c1. The number of hydrogen-bond acceptors (Lipinski definition) is 5. The van der Waals surface area contributed by atoms with Gasteiger partial charge in [-0.2, -0.15) is 0 Å². The molecule has 176 valence electrons. The number of ether oxygens (including phenoxy) is 3. The van der Waals surface area contributed by atoms with Gasteiger partial charge < -0.3 is 14.2 Å². The molecule has 0 spiro atoms. The lowest BCUT2D eigenvalue weighted by molar-refractivity contribution is 0.0991. The lowest BCUT2D eigenvalue weighted by Gasteiger charge is -2.19. The average Bonchev–Trinajstić information content (AvgIpc) is 3.27. The Hall–Kier alpha value is -4.00. The van der Waals surface area contributed by atoms with Gasteiger partial charge in [0.25, 0.3) is 5.91 Å². The summed E-state index contributed by atoms with van der Waals surface area (Å²) < 4.78 is 18.6. The van der Waals surface area contributed by atoms with E-state index < -0.39 is 0 Å². The van der Waals surface area contributed by atoms with Gasteiger partial charge in [-0.1, -0.05) is 25.1 Å². The minimum absolute atomic E-state index is 0.139. The number of aryl methyl sites for hydroxylation is 1. The molecule has 4 aromatic rings. The normalized spacial score (nSPS) is 10.8. The number of imidazole rings is 1.